The molecule has 1 aromatic rings. The predicted molar refractivity (Wildman–Crippen MR) is 87.4 cm³/mol. The number of likely N-dealkylation sites (tertiary alicyclic amines) is 1. The highest BCUT2D eigenvalue weighted by molar-refractivity contribution is 5.74. The zero-order chi connectivity index (χ0) is 15.2. The van der Waals surface area contributed by atoms with E-state index in [-0.39, 0.29) is 6.03 Å². The molecule has 2 aliphatic rings. The average Bonchev–Trinajstić information content (AvgIpc) is 2.59. The van der Waals surface area contributed by atoms with Crippen molar-refractivity contribution in [1.29, 1.82) is 0 Å². The summed E-state index contributed by atoms with van der Waals surface area (Å²) in [5.74, 6) is 1.00. The maximum Gasteiger partial charge on any atom is 0.317 e. The second-order valence-corrected chi connectivity index (χ2v) is 6.23. The van der Waals surface area contributed by atoms with Crippen LogP contribution in [0.4, 0.5) is 4.79 Å². The number of benzene rings is 1. The first kappa shape index (κ1) is 15.2. The molecule has 1 heterocycles. The Morgan fingerprint density at radius 1 is 1.09 bits per heavy atom. The number of nitrogens with zero attached hydrogens (tertiary/aromatic N) is 1. The van der Waals surface area contributed by atoms with Crippen LogP contribution in [0.25, 0.3) is 0 Å². The normalized spacial score (nSPS) is 17.7. The van der Waals surface area contributed by atoms with Crippen molar-refractivity contribution in [2.45, 2.75) is 44.9 Å². The summed E-state index contributed by atoms with van der Waals surface area (Å²) < 4.78 is 5.91. The van der Waals surface area contributed by atoms with Gasteiger partial charge in [0.2, 0.25) is 0 Å². The highest BCUT2D eigenvalue weighted by Crippen LogP contribution is 2.29. The molecular formula is C18H26N2O2. The summed E-state index contributed by atoms with van der Waals surface area (Å²) in [6, 6.07) is 6.39. The van der Waals surface area contributed by atoms with Crippen LogP contribution >= 0.6 is 0 Å². The van der Waals surface area contributed by atoms with Gasteiger partial charge in [0.05, 0.1) is 6.54 Å². The van der Waals surface area contributed by atoms with Crippen molar-refractivity contribution in [2.24, 2.45) is 0 Å². The molecule has 1 saturated heterocycles. The molecule has 0 spiro atoms. The Balaban J connectivity index is 1.44. The largest absolute Gasteiger partial charge is 0.491 e. The first-order valence-corrected chi connectivity index (χ1v) is 8.61. The minimum absolute atomic E-state index is 0.0541. The number of ether oxygens (including phenoxy) is 1. The van der Waals surface area contributed by atoms with Crippen LogP contribution in [0.5, 0.6) is 5.75 Å². The highest BCUT2D eigenvalue weighted by atomic mass is 16.5. The number of aryl methyl sites for hydroxylation is 1. The van der Waals surface area contributed by atoms with E-state index in [0.29, 0.717) is 13.2 Å². The van der Waals surface area contributed by atoms with Crippen LogP contribution < -0.4 is 10.1 Å². The van der Waals surface area contributed by atoms with Gasteiger partial charge in [0.25, 0.3) is 0 Å². The summed E-state index contributed by atoms with van der Waals surface area (Å²) in [5, 5.41) is 2.96. The summed E-state index contributed by atoms with van der Waals surface area (Å²) in [5.41, 5.74) is 2.80. The number of nitrogens with one attached hydrogen (secondary N) is 1. The van der Waals surface area contributed by atoms with Crippen LogP contribution in [-0.2, 0) is 12.8 Å². The molecule has 22 heavy (non-hydrogen) atoms. The molecule has 1 fully saturated rings. The van der Waals surface area contributed by atoms with Crippen LogP contribution in [0, 0.1) is 0 Å². The van der Waals surface area contributed by atoms with E-state index >= 15 is 0 Å². The lowest BCUT2D eigenvalue weighted by Gasteiger charge is -2.26. The van der Waals surface area contributed by atoms with E-state index < -0.39 is 0 Å². The number of amides is 2. The maximum atomic E-state index is 12.0. The Morgan fingerprint density at radius 3 is 2.77 bits per heavy atom. The van der Waals surface area contributed by atoms with Crippen LogP contribution in [0.1, 0.15) is 43.2 Å². The Labute approximate surface area is 132 Å². The molecule has 0 bridgehead atoms. The fourth-order valence-electron chi connectivity index (χ4n) is 3.41. The second-order valence-electron chi connectivity index (χ2n) is 6.23. The number of fused-ring (bicyclic) bond motifs is 1. The fourth-order valence-corrected chi connectivity index (χ4v) is 3.41. The van der Waals surface area contributed by atoms with E-state index in [0.717, 1.165) is 44.5 Å². The third-order valence-electron chi connectivity index (χ3n) is 4.63. The van der Waals surface area contributed by atoms with E-state index in [4.69, 9.17) is 4.74 Å². The lowest BCUT2D eigenvalue weighted by molar-refractivity contribution is 0.183. The van der Waals surface area contributed by atoms with E-state index in [9.17, 15) is 4.79 Å². The minimum atomic E-state index is 0.0541. The first-order valence-electron chi connectivity index (χ1n) is 8.61. The average molecular weight is 302 g/mol. The van der Waals surface area contributed by atoms with Crippen molar-refractivity contribution in [3.05, 3.63) is 29.3 Å². The second kappa shape index (κ2) is 7.52. The lowest BCUT2D eigenvalue weighted by Crippen LogP contribution is -2.43. The standard InChI is InChI=1S/C18H26N2O2/c21-18(20-12-4-1-5-13-20)19-11-14-22-17-10-6-8-15-7-2-3-9-16(15)17/h6,8,10H,1-5,7,9,11-14H2,(H,19,21). The zero-order valence-electron chi connectivity index (χ0n) is 13.3. The Bertz CT molecular complexity index is 510. The molecule has 120 valence electrons. The molecule has 0 radical (unpaired) electrons. The minimum Gasteiger partial charge on any atom is -0.491 e. The van der Waals surface area contributed by atoms with Gasteiger partial charge in [-0.25, -0.2) is 4.79 Å². The van der Waals surface area contributed by atoms with E-state index in [1.54, 1.807) is 0 Å². The predicted octanol–water partition coefficient (Wildman–Crippen LogP) is 3.14. The molecule has 0 saturated carbocycles. The number of piperidine rings is 1. The van der Waals surface area contributed by atoms with Crippen molar-refractivity contribution in [1.82, 2.24) is 10.2 Å². The van der Waals surface area contributed by atoms with Gasteiger partial charge in [-0.05, 0) is 62.1 Å². The van der Waals surface area contributed by atoms with Crippen molar-refractivity contribution in [3.63, 3.8) is 0 Å². The molecule has 0 atom stereocenters. The quantitative estimate of drug-likeness (QED) is 0.868. The Morgan fingerprint density at radius 2 is 1.91 bits per heavy atom. The van der Waals surface area contributed by atoms with Gasteiger partial charge in [0, 0.05) is 13.1 Å². The third-order valence-corrected chi connectivity index (χ3v) is 4.63. The lowest BCUT2D eigenvalue weighted by atomic mass is 9.91. The Hall–Kier alpha value is -1.71. The first-order chi connectivity index (χ1) is 10.8. The molecule has 1 aromatic carbocycles. The SMILES string of the molecule is O=C(NCCOc1cccc2c1CCCC2)N1CCCCC1. The number of urea groups is 1. The molecule has 4 heteroatoms. The molecule has 3 rings (SSSR count). The molecule has 0 unspecified atom stereocenters. The summed E-state index contributed by atoms with van der Waals surface area (Å²) in [6.07, 6.45) is 8.30. The summed E-state index contributed by atoms with van der Waals surface area (Å²) in [6.45, 7) is 2.88. The number of hydrogen-bond acceptors (Lipinski definition) is 2. The number of carbonyl (C=O) groups excluding carboxylic acids is 1. The zero-order valence-corrected chi connectivity index (χ0v) is 13.3. The van der Waals surface area contributed by atoms with Gasteiger partial charge in [-0.15, -0.1) is 0 Å². The van der Waals surface area contributed by atoms with Crippen LogP contribution in [-0.4, -0.2) is 37.2 Å². The fraction of sp³-hybridized carbons (Fsp3) is 0.611. The number of rotatable bonds is 4. The van der Waals surface area contributed by atoms with Gasteiger partial charge in [0.15, 0.2) is 0 Å². The molecule has 1 aliphatic carbocycles. The molecular weight excluding hydrogens is 276 g/mol. The van der Waals surface area contributed by atoms with Crippen molar-refractivity contribution in [2.75, 3.05) is 26.2 Å². The number of carbonyl (C=O) groups is 1. The van der Waals surface area contributed by atoms with Crippen LogP contribution in [0.3, 0.4) is 0 Å². The van der Waals surface area contributed by atoms with Gasteiger partial charge < -0.3 is 15.0 Å². The molecule has 1 aliphatic heterocycles. The molecule has 4 nitrogen and oxygen atoms in total. The van der Waals surface area contributed by atoms with Crippen molar-refractivity contribution in [3.8, 4) is 5.75 Å². The van der Waals surface area contributed by atoms with Gasteiger partial charge in [-0.2, -0.15) is 0 Å². The van der Waals surface area contributed by atoms with E-state index in [1.807, 2.05) is 4.90 Å². The van der Waals surface area contributed by atoms with Gasteiger partial charge in [0.1, 0.15) is 12.4 Å². The Kier molecular flexibility index (Phi) is 5.20. The summed E-state index contributed by atoms with van der Waals surface area (Å²) >= 11 is 0. The number of hydrogen-bond donors (Lipinski definition) is 1. The maximum absolute atomic E-state index is 12.0. The van der Waals surface area contributed by atoms with Crippen LogP contribution in [0.2, 0.25) is 0 Å². The smallest absolute Gasteiger partial charge is 0.317 e. The van der Waals surface area contributed by atoms with E-state index in [1.165, 1.54) is 30.4 Å². The van der Waals surface area contributed by atoms with Gasteiger partial charge >= 0.3 is 6.03 Å². The summed E-state index contributed by atoms with van der Waals surface area (Å²) in [4.78, 5) is 13.9. The molecule has 2 amide bonds. The molecule has 0 aromatic heterocycles. The molecule has 1 N–H and O–H groups in total. The topological polar surface area (TPSA) is 41.6 Å². The highest BCUT2D eigenvalue weighted by Gasteiger charge is 2.16. The van der Waals surface area contributed by atoms with Crippen molar-refractivity contribution >= 4 is 6.03 Å². The van der Waals surface area contributed by atoms with Crippen LogP contribution in [0.15, 0.2) is 18.2 Å². The van der Waals surface area contributed by atoms with Gasteiger partial charge in [-0.1, -0.05) is 12.1 Å². The van der Waals surface area contributed by atoms with Gasteiger partial charge in [-0.3, -0.25) is 0 Å². The monoisotopic (exact) mass is 302 g/mol. The third kappa shape index (κ3) is 3.73. The van der Waals surface area contributed by atoms with Crippen molar-refractivity contribution < 1.29 is 9.53 Å². The van der Waals surface area contributed by atoms with E-state index in [2.05, 4.69) is 23.5 Å². The summed E-state index contributed by atoms with van der Waals surface area (Å²) in [7, 11) is 0.